The van der Waals surface area contributed by atoms with Crippen molar-refractivity contribution in [3.8, 4) is 5.75 Å². The van der Waals surface area contributed by atoms with Gasteiger partial charge < -0.3 is 9.84 Å². The van der Waals surface area contributed by atoms with E-state index in [-0.39, 0.29) is 5.82 Å². The van der Waals surface area contributed by atoms with Crippen molar-refractivity contribution in [3.05, 3.63) is 29.6 Å². The van der Waals surface area contributed by atoms with E-state index < -0.39 is 5.60 Å². The quantitative estimate of drug-likeness (QED) is 0.831. The van der Waals surface area contributed by atoms with E-state index >= 15 is 0 Å². The van der Waals surface area contributed by atoms with Crippen molar-refractivity contribution in [1.82, 2.24) is 0 Å². The molecule has 15 heavy (non-hydrogen) atoms. The average Bonchev–Trinajstić information content (AvgIpc) is 2.27. The molecule has 1 aromatic carbocycles. The molecule has 0 heterocycles. The minimum Gasteiger partial charge on any atom is -0.497 e. The fourth-order valence-corrected chi connectivity index (χ4v) is 1.61. The average molecular weight is 212 g/mol. The van der Waals surface area contributed by atoms with Crippen molar-refractivity contribution >= 4 is 0 Å². The van der Waals surface area contributed by atoms with Gasteiger partial charge in [0.15, 0.2) is 0 Å². The molecule has 0 radical (unpaired) electrons. The summed E-state index contributed by atoms with van der Waals surface area (Å²) in [4.78, 5) is 0. The highest BCUT2D eigenvalue weighted by atomic mass is 19.1. The first kappa shape index (κ1) is 12.0. The molecule has 0 saturated heterocycles. The first-order valence-electron chi connectivity index (χ1n) is 5.13. The Morgan fingerprint density at radius 2 is 1.87 bits per heavy atom. The van der Waals surface area contributed by atoms with Gasteiger partial charge in [-0.2, -0.15) is 0 Å². The van der Waals surface area contributed by atoms with Crippen LogP contribution in [0.4, 0.5) is 4.39 Å². The third kappa shape index (κ3) is 2.48. The summed E-state index contributed by atoms with van der Waals surface area (Å²) in [5.41, 5.74) is -0.389. The van der Waals surface area contributed by atoms with Gasteiger partial charge in [-0.1, -0.05) is 13.8 Å². The number of aliphatic hydroxyl groups is 1. The highest BCUT2D eigenvalue weighted by Crippen LogP contribution is 2.31. The molecule has 0 saturated carbocycles. The van der Waals surface area contributed by atoms with Crippen molar-refractivity contribution in [2.75, 3.05) is 7.11 Å². The van der Waals surface area contributed by atoms with Gasteiger partial charge in [-0.25, -0.2) is 4.39 Å². The van der Waals surface area contributed by atoms with E-state index in [0.717, 1.165) is 0 Å². The van der Waals surface area contributed by atoms with E-state index in [9.17, 15) is 9.50 Å². The van der Waals surface area contributed by atoms with Crippen molar-refractivity contribution in [3.63, 3.8) is 0 Å². The zero-order valence-corrected chi connectivity index (χ0v) is 9.38. The van der Waals surface area contributed by atoms with Gasteiger partial charge in [0.25, 0.3) is 0 Å². The normalized spacial score (nSPS) is 11.5. The van der Waals surface area contributed by atoms with Gasteiger partial charge in [-0.3, -0.25) is 0 Å². The Labute approximate surface area is 89.7 Å². The summed E-state index contributed by atoms with van der Waals surface area (Å²) >= 11 is 0. The van der Waals surface area contributed by atoms with E-state index in [0.29, 0.717) is 24.2 Å². The lowest BCUT2D eigenvalue weighted by molar-refractivity contribution is 0.0279. The lowest BCUT2D eigenvalue weighted by Gasteiger charge is -2.26. The predicted molar refractivity (Wildman–Crippen MR) is 57.4 cm³/mol. The molecule has 3 heteroatoms. The monoisotopic (exact) mass is 212 g/mol. The number of ether oxygens (including phenoxy) is 1. The van der Waals surface area contributed by atoms with E-state index in [1.165, 1.54) is 19.2 Å². The molecule has 1 N–H and O–H groups in total. The Bertz CT molecular complexity index is 332. The van der Waals surface area contributed by atoms with Crippen LogP contribution in [0.15, 0.2) is 18.2 Å². The Morgan fingerprint density at radius 3 is 2.33 bits per heavy atom. The standard InChI is InChI=1S/C12H17FO2/c1-4-12(14,5-2)9-6-10(13)8-11(7-9)15-3/h6-8,14H,4-5H2,1-3H3. The summed E-state index contributed by atoms with van der Waals surface area (Å²) in [6.07, 6.45) is 1.10. The van der Waals surface area contributed by atoms with Gasteiger partial charge >= 0.3 is 0 Å². The molecule has 84 valence electrons. The SMILES string of the molecule is CCC(O)(CC)c1cc(F)cc(OC)c1. The Balaban J connectivity index is 3.18. The second-order valence-electron chi connectivity index (χ2n) is 3.62. The first-order chi connectivity index (χ1) is 7.05. The maximum absolute atomic E-state index is 13.2. The molecule has 0 unspecified atom stereocenters. The third-order valence-corrected chi connectivity index (χ3v) is 2.81. The Morgan fingerprint density at radius 1 is 1.27 bits per heavy atom. The first-order valence-corrected chi connectivity index (χ1v) is 5.13. The summed E-state index contributed by atoms with van der Waals surface area (Å²) < 4.78 is 18.2. The minimum absolute atomic E-state index is 0.385. The number of benzene rings is 1. The summed E-state index contributed by atoms with van der Waals surface area (Å²) in [5.74, 6) is 0.0509. The number of hydrogen-bond acceptors (Lipinski definition) is 2. The molecule has 0 spiro atoms. The van der Waals surface area contributed by atoms with Crippen LogP contribution in [0.2, 0.25) is 0 Å². The fourth-order valence-electron chi connectivity index (χ4n) is 1.61. The number of halogens is 1. The zero-order valence-electron chi connectivity index (χ0n) is 9.38. The topological polar surface area (TPSA) is 29.5 Å². The highest BCUT2D eigenvalue weighted by Gasteiger charge is 2.25. The maximum Gasteiger partial charge on any atom is 0.127 e. The smallest absolute Gasteiger partial charge is 0.127 e. The summed E-state index contributed by atoms with van der Waals surface area (Å²) in [7, 11) is 1.48. The van der Waals surface area contributed by atoms with Crippen molar-refractivity contribution in [2.45, 2.75) is 32.3 Å². The van der Waals surface area contributed by atoms with Crippen LogP contribution >= 0.6 is 0 Å². The van der Waals surface area contributed by atoms with Gasteiger partial charge in [0.05, 0.1) is 12.7 Å². The molecular weight excluding hydrogens is 195 g/mol. The van der Waals surface area contributed by atoms with E-state index in [4.69, 9.17) is 4.74 Å². The van der Waals surface area contributed by atoms with Crippen LogP contribution in [0.3, 0.4) is 0 Å². The van der Waals surface area contributed by atoms with E-state index in [1.54, 1.807) is 6.07 Å². The predicted octanol–water partition coefficient (Wildman–Crippen LogP) is 2.84. The van der Waals surface area contributed by atoms with Crippen LogP contribution < -0.4 is 4.74 Å². The van der Waals surface area contributed by atoms with Gasteiger partial charge in [0.1, 0.15) is 11.6 Å². The van der Waals surface area contributed by atoms with Crippen LogP contribution in [0.1, 0.15) is 32.3 Å². The number of hydrogen-bond donors (Lipinski definition) is 1. The van der Waals surface area contributed by atoms with Crippen LogP contribution in [-0.2, 0) is 5.60 Å². The summed E-state index contributed by atoms with van der Waals surface area (Å²) in [5, 5.41) is 10.2. The number of rotatable bonds is 4. The van der Waals surface area contributed by atoms with Crippen LogP contribution in [0.5, 0.6) is 5.75 Å². The molecule has 0 aromatic heterocycles. The van der Waals surface area contributed by atoms with E-state index in [2.05, 4.69) is 0 Å². The summed E-state index contributed by atoms with van der Waals surface area (Å²) in [6.45, 7) is 3.75. The molecule has 0 aliphatic heterocycles. The second-order valence-corrected chi connectivity index (χ2v) is 3.62. The van der Waals surface area contributed by atoms with Gasteiger partial charge in [-0.05, 0) is 30.5 Å². The van der Waals surface area contributed by atoms with Crippen molar-refractivity contribution < 1.29 is 14.2 Å². The van der Waals surface area contributed by atoms with Gasteiger partial charge in [0, 0.05) is 6.07 Å². The van der Waals surface area contributed by atoms with Crippen molar-refractivity contribution in [1.29, 1.82) is 0 Å². The molecule has 0 atom stereocenters. The lowest BCUT2D eigenvalue weighted by Crippen LogP contribution is -2.23. The second kappa shape index (κ2) is 4.62. The molecule has 1 rings (SSSR count). The fraction of sp³-hybridized carbons (Fsp3) is 0.500. The van der Waals surface area contributed by atoms with Crippen LogP contribution in [-0.4, -0.2) is 12.2 Å². The molecule has 1 aromatic rings. The van der Waals surface area contributed by atoms with Crippen molar-refractivity contribution in [2.24, 2.45) is 0 Å². The Hall–Kier alpha value is -1.09. The van der Waals surface area contributed by atoms with Crippen LogP contribution in [0.25, 0.3) is 0 Å². The molecule has 0 aliphatic carbocycles. The lowest BCUT2D eigenvalue weighted by atomic mass is 9.88. The van der Waals surface area contributed by atoms with Gasteiger partial charge in [0.2, 0.25) is 0 Å². The minimum atomic E-state index is -0.963. The van der Waals surface area contributed by atoms with E-state index in [1.807, 2.05) is 13.8 Å². The van der Waals surface area contributed by atoms with Crippen LogP contribution in [0, 0.1) is 5.82 Å². The maximum atomic E-state index is 13.2. The largest absolute Gasteiger partial charge is 0.497 e. The number of methoxy groups -OCH3 is 1. The molecule has 2 nitrogen and oxygen atoms in total. The summed E-state index contributed by atoms with van der Waals surface area (Å²) in [6, 6.07) is 4.33. The molecule has 0 amide bonds. The highest BCUT2D eigenvalue weighted by molar-refractivity contribution is 5.33. The Kier molecular flexibility index (Phi) is 3.69. The third-order valence-electron chi connectivity index (χ3n) is 2.81. The molecule has 0 aliphatic rings. The molecule has 0 bridgehead atoms. The molecular formula is C12H17FO2. The van der Waals surface area contributed by atoms with Gasteiger partial charge in [-0.15, -0.1) is 0 Å². The zero-order chi connectivity index (χ0) is 11.5. The molecule has 0 fully saturated rings.